The first-order chi connectivity index (χ1) is 15.2. The van der Waals surface area contributed by atoms with Crippen LogP contribution >= 0.6 is 11.3 Å². The molecular formula is C24H28N2O4S. The van der Waals surface area contributed by atoms with Crippen LogP contribution in [0.25, 0.3) is 10.1 Å². The van der Waals surface area contributed by atoms with E-state index in [1.54, 1.807) is 14.2 Å². The highest BCUT2D eigenvalue weighted by molar-refractivity contribution is 7.21. The van der Waals surface area contributed by atoms with Crippen LogP contribution in [-0.2, 0) is 16.0 Å². The van der Waals surface area contributed by atoms with Crippen molar-refractivity contribution in [2.75, 3.05) is 47.1 Å². The number of hydrogen-bond donors (Lipinski definition) is 1. The van der Waals surface area contributed by atoms with Gasteiger partial charge in [-0.3, -0.25) is 9.69 Å². The third kappa shape index (κ3) is 5.07. The monoisotopic (exact) mass is 440 g/mol. The minimum Gasteiger partial charge on any atom is -0.491 e. The van der Waals surface area contributed by atoms with Crippen LogP contribution < -0.4 is 10.1 Å². The number of nitrogens with zero attached hydrogens (tertiary/aromatic N) is 1. The first-order valence-corrected chi connectivity index (χ1v) is 11.3. The largest absolute Gasteiger partial charge is 0.491 e. The maximum Gasteiger partial charge on any atom is 0.261 e. The summed E-state index contributed by atoms with van der Waals surface area (Å²) >= 11 is 1.53. The van der Waals surface area contributed by atoms with E-state index in [4.69, 9.17) is 14.2 Å². The van der Waals surface area contributed by atoms with E-state index in [0.717, 1.165) is 45.9 Å². The topological polar surface area (TPSA) is 60.0 Å². The Morgan fingerprint density at radius 1 is 1.23 bits per heavy atom. The average molecular weight is 441 g/mol. The number of ether oxygens (including phenoxy) is 3. The molecule has 3 aromatic rings. The van der Waals surface area contributed by atoms with Crippen molar-refractivity contribution in [1.29, 1.82) is 0 Å². The highest BCUT2D eigenvalue weighted by Crippen LogP contribution is 2.38. The van der Waals surface area contributed by atoms with Crippen LogP contribution in [0, 0.1) is 0 Å². The highest BCUT2D eigenvalue weighted by atomic mass is 32.1. The highest BCUT2D eigenvalue weighted by Gasteiger charge is 2.29. The van der Waals surface area contributed by atoms with Gasteiger partial charge in [-0.1, -0.05) is 30.3 Å². The number of nitrogens with one attached hydrogen (secondary N) is 1. The van der Waals surface area contributed by atoms with E-state index in [1.807, 2.05) is 24.3 Å². The molecule has 0 bridgehead atoms. The number of carbonyl (C=O) groups excluding carboxylic acids is 1. The van der Waals surface area contributed by atoms with E-state index in [1.165, 1.54) is 16.9 Å². The second-order valence-corrected chi connectivity index (χ2v) is 8.56. The fourth-order valence-corrected chi connectivity index (χ4v) is 5.12. The summed E-state index contributed by atoms with van der Waals surface area (Å²) in [6.45, 7) is 4.12. The first-order valence-electron chi connectivity index (χ1n) is 10.5. The van der Waals surface area contributed by atoms with Crippen LogP contribution in [0.4, 0.5) is 0 Å². The second-order valence-electron chi connectivity index (χ2n) is 7.50. The van der Waals surface area contributed by atoms with Crippen molar-refractivity contribution >= 4 is 27.3 Å². The third-order valence-electron chi connectivity index (χ3n) is 5.40. The normalized spacial score (nSPS) is 17.0. The molecule has 1 unspecified atom stereocenters. The smallest absolute Gasteiger partial charge is 0.261 e. The Labute approximate surface area is 186 Å². The van der Waals surface area contributed by atoms with Gasteiger partial charge in [-0.2, -0.15) is 0 Å². The molecule has 2 heterocycles. The molecule has 0 spiro atoms. The molecule has 1 amide bonds. The lowest BCUT2D eigenvalue weighted by molar-refractivity contribution is -0.0323. The van der Waals surface area contributed by atoms with Crippen LogP contribution in [0.15, 0.2) is 48.5 Å². The van der Waals surface area contributed by atoms with Gasteiger partial charge in [0.05, 0.1) is 24.2 Å². The molecule has 1 fully saturated rings. The summed E-state index contributed by atoms with van der Waals surface area (Å²) in [5.41, 5.74) is 2.19. The number of hydrogen-bond acceptors (Lipinski definition) is 6. The van der Waals surface area contributed by atoms with E-state index in [9.17, 15) is 4.79 Å². The van der Waals surface area contributed by atoms with Crippen molar-refractivity contribution in [2.45, 2.75) is 12.6 Å². The first kappa shape index (κ1) is 21.8. The molecular weight excluding hydrogens is 412 g/mol. The van der Waals surface area contributed by atoms with Gasteiger partial charge in [-0.15, -0.1) is 11.3 Å². The summed E-state index contributed by atoms with van der Waals surface area (Å²) in [4.78, 5) is 15.7. The Kier molecular flexibility index (Phi) is 7.19. The van der Waals surface area contributed by atoms with Crippen molar-refractivity contribution < 1.29 is 19.0 Å². The Morgan fingerprint density at radius 3 is 2.94 bits per heavy atom. The second kappa shape index (κ2) is 10.2. The fourth-order valence-electron chi connectivity index (χ4n) is 3.92. The molecule has 0 aliphatic carbocycles. The van der Waals surface area contributed by atoms with Gasteiger partial charge in [-0.05, 0) is 29.1 Å². The van der Waals surface area contributed by atoms with Gasteiger partial charge in [0.15, 0.2) is 0 Å². The number of fused-ring (bicyclic) bond motifs is 1. The molecule has 0 radical (unpaired) electrons. The standard InChI is InChI=1S/C24H28N2O4S/c1-25-24(27)23-22(19-8-3-4-9-21(19)31-23)20-16-26(10-11-30-20)15-17-6-5-7-18(14-17)29-13-12-28-2/h3-9,14,20H,10-13,15-16H2,1-2H3,(H,25,27). The number of amides is 1. The van der Waals surface area contributed by atoms with Crippen LogP contribution in [0.2, 0.25) is 0 Å². The predicted octanol–water partition coefficient (Wildman–Crippen LogP) is 3.86. The van der Waals surface area contributed by atoms with E-state index in [0.29, 0.717) is 19.8 Å². The SMILES string of the molecule is CNC(=O)c1sc2ccccc2c1C1CN(Cc2cccc(OCCOC)c2)CCO1. The zero-order valence-corrected chi connectivity index (χ0v) is 18.7. The molecule has 1 atom stereocenters. The molecule has 1 aromatic heterocycles. The maximum atomic E-state index is 12.6. The van der Waals surface area contributed by atoms with Crippen molar-refractivity contribution in [1.82, 2.24) is 10.2 Å². The van der Waals surface area contributed by atoms with Gasteiger partial charge in [-0.25, -0.2) is 0 Å². The van der Waals surface area contributed by atoms with E-state index >= 15 is 0 Å². The van der Waals surface area contributed by atoms with E-state index in [-0.39, 0.29) is 12.0 Å². The lowest BCUT2D eigenvalue weighted by atomic mass is 10.0. The summed E-state index contributed by atoms with van der Waals surface area (Å²) in [6, 6.07) is 16.3. The zero-order valence-electron chi connectivity index (χ0n) is 17.9. The number of methoxy groups -OCH3 is 1. The minimum atomic E-state index is -0.140. The number of thiophene rings is 1. The number of benzene rings is 2. The predicted molar refractivity (Wildman–Crippen MR) is 123 cm³/mol. The Balaban J connectivity index is 1.52. The van der Waals surface area contributed by atoms with Crippen LogP contribution in [-0.4, -0.2) is 57.9 Å². The van der Waals surface area contributed by atoms with Crippen LogP contribution in [0.1, 0.15) is 26.9 Å². The Hall–Kier alpha value is -2.45. The molecule has 7 heteroatoms. The Bertz CT molecular complexity index is 1040. The maximum absolute atomic E-state index is 12.6. The van der Waals surface area contributed by atoms with Gasteiger partial charge in [0, 0.05) is 44.1 Å². The summed E-state index contributed by atoms with van der Waals surface area (Å²) < 4.78 is 18.1. The molecule has 4 rings (SSSR count). The van der Waals surface area contributed by atoms with Crippen molar-refractivity contribution in [2.24, 2.45) is 0 Å². The summed E-state index contributed by atoms with van der Waals surface area (Å²) in [5.74, 6) is 0.794. The van der Waals surface area contributed by atoms with Gasteiger partial charge < -0.3 is 19.5 Å². The van der Waals surface area contributed by atoms with Gasteiger partial charge in [0.2, 0.25) is 0 Å². The number of rotatable bonds is 8. The molecule has 164 valence electrons. The van der Waals surface area contributed by atoms with Gasteiger partial charge in [0.25, 0.3) is 5.91 Å². The minimum absolute atomic E-state index is 0.0576. The molecule has 2 aromatic carbocycles. The fraction of sp³-hybridized carbons (Fsp3) is 0.375. The van der Waals surface area contributed by atoms with Crippen LogP contribution in [0.5, 0.6) is 5.75 Å². The molecule has 1 saturated heterocycles. The molecule has 1 N–H and O–H groups in total. The van der Waals surface area contributed by atoms with Crippen molar-refractivity contribution in [3.05, 3.63) is 64.5 Å². The molecule has 1 aliphatic rings. The number of morpholine rings is 1. The molecule has 1 aliphatic heterocycles. The van der Waals surface area contributed by atoms with Gasteiger partial charge >= 0.3 is 0 Å². The number of carbonyl (C=O) groups is 1. The van der Waals surface area contributed by atoms with E-state index < -0.39 is 0 Å². The zero-order chi connectivity index (χ0) is 21.6. The quantitative estimate of drug-likeness (QED) is 0.539. The summed E-state index contributed by atoms with van der Waals surface area (Å²) in [5, 5.41) is 3.88. The van der Waals surface area contributed by atoms with Crippen molar-refractivity contribution in [3.63, 3.8) is 0 Å². The van der Waals surface area contributed by atoms with Crippen molar-refractivity contribution in [3.8, 4) is 5.75 Å². The van der Waals surface area contributed by atoms with Gasteiger partial charge in [0.1, 0.15) is 12.4 Å². The summed E-state index contributed by atoms with van der Waals surface area (Å²) in [7, 11) is 3.34. The lowest BCUT2D eigenvalue weighted by Crippen LogP contribution is -2.38. The lowest BCUT2D eigenvalue weighted by Gasteiger charge is -2.33. The third-order valence-corrected chi connectivity index (χ3v) is 6.59. The summed E-state index contributed by atoms with van der Waals surface area (Å²) in [6.07, 6.45) is -0.140. The molecule has 0 saturated carbocycles. The van der Waals surface area contributed by atoms with E-state index in [2.05, 4.69) is 34.5 Å². The molecule has 6 nitrogen and oxygen atoms in total. The van der Waals surface area contributed by atoms with Crippen LogP contribution in [0.3, 0.4) is 0 Å². The average Bonchev–Trinajstić information content (AvgIpc) is 3.19. The molecule has 31 heavy (non-hydrogen) atoms. The Morgan fingerprint density at radius 2 is 2.10 bits per heavy atom.